The van der Waals surface area contributed by atoms with Crippen molar-refractivity contribution in [3.05, 3.63) is 51.2 Å². The summed E-state index contributed by atoms with van der Waals surface area (Å²) in [5.74, 6) is 1.33. The van der Waals surface area contributed by atoms with Crippen LogP contribution in [0.25, 0.3) is 0 Å². The molecule has 0 spiro atoms. The number of benzene rings is 1. The van der Waals surface area contributed by atoms with Gasteiger partial charge in [0.05, 0.1) is 23.8 Å². The van der Waals surface area contributed by atoms with E-state index < -0.39 is 0 Å². The Morgan fingerprint density at radius 2 is 2.12 bits per heavy atom. The number of thiazole rings is 1. The SMILES string of the molecule is CCNC(=NCc1ccc(F)cc1CSC)NCc1csc(CC)n1. The van der Waals surface area contributed by atoms with E-state index in [2.05, 4.69) is 32.9 Å². The number of hydrogen-bond acceptors (Lipinski definition) is 4. The second-order valence-electron chi connectivity index (χ2n) is 5.48. The summed E-state index contributed by atoms with van der Waals surface area (Å²) in [4.78, 5) is 9.19. The average Bonchev–Trinajstić information content (AvgIpc) is 3.07. The second-order valence-corrected chi connectivity index (χ2v) is 7.29. The lowest BCUT2D eigenvalue weighted by Crippen LogP contribution is -2.36. The zero-order valence-electron chi connectivity index (χ0n) is 14.9. The first-order valence-electron chi connectivity index (χ1n) is 8.38. The van der Waals surface area contributed by atoms with Crippen molar-refractivity contribution in [3.8, 4) is 0 Å². The number of hydrogen-bond donors (Lipinski definition) is 2. The van der Waals surface area contributed by atoms with E-state index in [1.807, 2.05) is 19.2 Å². The van der Waals surface area contributed by atoms with E-state index in [0.717, 1.165) is 46.5 Å². The molecule has 1 heterocycles. The zero-order chi connectivity index (χ0) is 18.1. The highest BCUT2D eigenvalue weighted by Crippen LogP contribution is 2.17. The van der Waals surface area contributed by atoms with Crippen molar-refractivity contribution in [2.24, 2.45) is 4.99 Å². The molecule has 0 radical (unpaired) electrons. The molecular formula is C18H25FN4S2. The van der Waals surface area contributed by atoms with Crippen molar-refractivity contribution < 1.29 is 4.39 Å². The molecule has 0 bridgehead atoms. The van der Waals surface area contributed by atoms with Gasteiger partial charge in [-0.1, -0.05) is 13.0 Å². The fraction of sp³-hybridized carbons (Fsp3) is 0.444. The van der Waals surface area contributed by atoms with Gasteiger partial charge >= 0.3 is 0 Å². The molecule has 0 saturated carbocycles. The van der Waals surface area contributed by atoms with Gasteiger partial charge in [-0.05, 0) is 42.9 Å². The zero-order valence-corrected chi connectivity index (χ0v) is 16.6. The predicted molar refractivity (Wildman–Crippen MR) is 107 cm³/mol. The number of rotatable bonds is 8. The van der Waals surface area contributed by atoms with Gasteiger partial charge in [0.1, 0.15) is 5.82 Å². The van der Waals surface area contributed by atoms with Crippen LogP contribution in [0.2, 0.25) is 0 Å². The van der Waals surface area contributed by atoms with Crippen molar-refractivity contribution >= 4 is 29.1 Å². The van der Waals surface area contributed by atoms with Crippen molar-refractivity contribution in [3.63, 3.8) is 0 Å². The van der Waals surface area contributed by atoms with Gasteiger partial charge in [-0.2, -0.15) is 11.8 Å². The Balaban J connectivity index is 2.03. The van der Waals surface area contributed by atoms with Crippen molar-refractivity contribution in [2.75, 3.05) is 12.8 Å². The number of thioether (sulfide) groups is 1. The van der Waals surface area contributed by atoms with Crippen LogP contribution in [0.1, 0.15) is 35.7 Å². The first-order valence-corrected chi connectivity index (χ1v) is 10.6. The summed E-state index contributed by atoms with van der Waals surface area (Å²) in [5, 5.41) is 9.77. The van der Waals surface area contributed by atoms with Crippen LogP contribution in [-0.4, -0.2) is 23.7 Å². The maximum Gasteiger partial charge on any atom is 0.191 e. The van der Waals surface area contributed by atoms with Gasteiger partial charge in [-0.25, -0.2) is 14.4 Å². The fourth-order valence-electron chi connectivity index (χ4n) is 2.31. The maximum atomic E-state index is 13.5. The monoisotopic (exact) mass is 380 g/mol. The highest BCUT2D eigenvalue weighted by molar-refractivity contribution is 7.97. The molecule has 0 aliphatic heterocycles. The highest BCUT2D eigenvalue weighted by atomic mass is 32.2. The molecule has 2 rings (SSSR count). The number of nitrogens with one attached hydrogen (secondary N) is 2. The summed E-state index contributed by atoms with van der Waals surface area (Å²) in [7, 11) is 0. The molecule has 25 heavy (non-hydrogen) atoms. The normalized spacial score (nSPS) is 11.6. The number of aliphatic imine (C=N–C) groups is 1. The highest BCUT2D eigenvalue weighted by Gasteiger charge is 2.06. The predicted octanol–water partition coefficient (Wildman–Crippen LogP) is 3.96. The van der Waals surface area contributed by atoms with Crippen LogP contribution in [0.15, 0.2) is 28.6 Å². The molecule has 0 aliphatic rings. The van der Waals surface area contributed by atoms with Gasteiger partial charge in [0, 0.05) is 17.7 Å². The summed E-state index contributed by atoms with van der Waals surface area (Å²) in [6, 6.07) is 4.92. The van der Waals surface area contributed by atoms with E-state index >= 15 is 0 Å². The molecule has 0 unspecified atom stereocenters. The Morgan fingerprint density at radius 1 is 1.28 bits per heavy atom. The fourth-order valence-corrected chi connectivity index (χ4v) is 3.64. The topological polar surface area (TPSA) is 49.3 Å². The van der Waals surface area contributed by atoms with E-state index in [4.69, 9.17) is 0 Å². The van der Waals surface area contributed by atoms with Gasteiger partial charge in [-0.15, -0.1) is 11.3 Å². The van der Waals surface area contributed by atoms with Crippen molar-refractivity contribution in [1.82, 2.24) is 15.6 Å². The smallest absolute Gasteiger partial charge is 0.191 e. The molecule has 2 N–H and O–H groups in total. The third-order valence-corrected chi connectivity index (χ3v) is 5.20. The average molecular weight is 381 g/mol. The lowest BCUT2D eigenvalue weighted by molar-refractivity contribution is 0.625. The molecule has 0 fully saturated rings. The molecule has 0 saturated heterocycles. The van der Waals surface area contributed by atoms with Gasteiger partial charge in [0.25, 0.3) is 0 Å². The Morgan fingerprint density at radius 3 is 2.80 bits per heavy atom. The van der Waals surface area contributed by atoms with Crippen LogP contribution in [-0.2, 0) is 25.3 Å². The minimum absolute atomic E-state index is 0.197. The lowest BCUT2D eigenvalue weighted by Gasteiger charge is -2.11. The number of aromatic nitrogens is 1. The third kappa shape index (κ3) is 6.32. The summed E-state index contributed by atoms with van der Waals surface area (Å²) in [5.41, 5.74) is 3.08. The molecule has 4 nitrogen and oxygen atoms in total. The van der Waals surface area contributed by atoms with E-state index in [9.17, 15) is 4.39 Å². The molecule has 1 aromatic heterocycles. The molecular weight excluding hydrogens is 355 g/mol. The lowest BCUT2D eigenvalue weighted by atomic mass is 10.1. The van der Waals surface area contributed by atoms with Crippen LogP contribution >= 0.6 is 23.1 Å². The minimum atomic E-state index is -0.197. The second kappa shape index (κ2) is 10.4. The van der Waals surface area contributed by atoms with Crippen LogP contribution in [0.5, 0.6) is 0 Å². The Labute approximate surface area is 157 Å². The molecule has 2 aromatic rings. The summed E-state index contributed by atoms with van der Waals surface area (Å²) >= 11 is 3.36. The van der Waals surface area contributed by atoms with Crippen molar-refractivity contribution in [2.45, 2.75) is 39.1 Å². The first-order chi connectivity index (χ1) is 12.2. The van der Waals surface area contributed by atoms with E-state index in [1.165, 1.54) is 6.07 Å². The van der Waals surface area contributed by atoms with Crippen LogP contribution < -0.4 is 10.6 Å². The number of aryl methyl sites for hydroxylation is 1. The van der Waals surface area contributed by atoms with Gasteiger partial charge in [0.2, 0.25) is 0 Å². The molecule has 0 amide bonds. The summed E-state index contributed by atoms with van der Waals surface area (Å²) < 4.78 is 13.5. The Kier molecular flexibility index (Phi) is 8.21. The molecule has 0 aliphatic carbocycles. The van der Waals surface area contributed by atoms with Gasteiger partial charge in [0.15, 0.2) is 5.96 Å². The van der Waals surface area contributed by atoms with Gasteiger partial charge in [-0.3, -0.25) is 0 Å². The number of nitrogens with zero attached hydrogens (tertiary/aromatic N) is 2. The maximum absolute atomic E-state index is 13.5. The molecule has 136 valence electrons. The van der Waals surface area contributed by atoms with E-state index in [1.54, 1.807) is 29.2 Å². The molecule has 7 heteroatoms. The van der Waals surface area contributed by atoms with Crippen LogP contribution in [0, 0.1) is 5.82 Å². The third-order valence-electron chi connectivity index (χ3n) is 3.56. The summed E-state index contributed by atoms with van der Waals surface area (Å²) in [6.07, 6.45) is 2.98. The Bertz CT molecular complexity index is 700. The standard InChI is InChI=1S/C18H25FN4S2/c1-4-17-23-16(12-25-17)10-22-18(20-5-2)21-9-13-6-7-15(19)8-14(13)11-24-3/h6-8,12H,4-5,9-11H2,1-3H3,(H2,20,21,22). The molecule has 0 atom stereocenters. The largest absolute Gasteiger partial charge is 0.357 e. The first kappa shape index (κ1) is 19.7. The number of guanidine groups is 1. The minimum Gasteiger partial charge on any atom is -0.357 e. The van der Waals surface area contributed by atoms with Crippen LogP contribution in [0.4, 0.5) is 4.39 Å². The van der Waals surface area contributed by atoms with E-state index in [0.29, 0.717) is 13.1 Å². The van der Waals surface area contributed by atoms with Crippen molar-refractivity contribution in [1.29, 1.82) is 0 Å². The van der Waals surface area contributed by atoms with E-state index in [-0.39, 0.29) is 5.82 Å². The number of halogens is 1. The Hall–Kier alpha value is -1.60. The quantitative estimate of drug-likeness (QED) is 0.538. The molecule has 1 aromatic carbocycles. The summed E-state index contributed by atoms with van der Waals surface area (Å²) in [6.45, 7) is 6.08. The van der Waals surface area contributed by atoms with Crippen LogP contribution in [0.3, 0.4) is 0 Å². The van der Waals surface area contributed by atoms with Gasteiger partial charge < -0.3 is 10.6 Å².